The third kappa shape index (κ3) is 3.24. The second-order valence-corrected chi connectivity index (χ2v) is 3.86. The Morgan fingerprint density at radius 1 is 1.24 bits per heavy atom. The zero-order valence-electron chi connectivity index (χ0n) is 10.1. The van der Waals surface area contributed by atoms with E-state index >= 15 is 0 Å². The molecule has 2 rings (SSSR count). The van der Waals surface area contributed by atoms with E-state index in [0.717, 1.165) is 30.9 Å². The molecule has 0 aliphatic rings. The summed E-state index contributed by atoms with van der Waals surface area (Å²) in [7, 11) is 0. The number of aryl methyl sites for hydroxylation is 3. The van der Waals surface area contributed by atoms with Crippen LogP contribution in [0.5, 0.6) is 0 Å². The average Bonchev–Trinajstić information content (AvgIpc) is 2.82. The fraction of sp³-hybridized carbons (Fsp3) is 0.455. The van der Waals surface area contributed by atoms with Crippen molar-refractivity contribution in [3.05, 3.63) is 29.8 Å². The number of rotatable bonds is 5. The third-order valence-corrected chi connectivity index (χ3v) is 2.50. The Kier molecular flexibility index (Phi) is 3.64. The normalized spacial score (nSPS) is 10.5. The summed E-state index contributed by atoms with van der Waals surface area (Å²) in [6.07, 6.45) is 4.70. The molecule has 0 fully saturated rings. The largest absolute Gasteiger partial charge is 0.353 e. The molecule has 0 radical (unpaired) electrons. The van der Waals surface area contributed by atoms with Gasteiger partial charge in [-0.25, -0.2) is 4.98 Å². The maximum absolute atomic E-state index is 4.30. The summed E-state index contributed by atoms with van der Waals surface area (Å²) in [6.45, 7) is 5.53. The number of hydrogen-bond acceptors (Lipinski definition) is 5. The lowest BCUT2D eigenvalue weighted by Crippen LogP contribution is -2.10. The molecule has 17 heavy (non-hydrogen) atoms. The lowest BCUT2D eigenvalue weighted by molar-refractivity contribution is 0.590. The van der Waals surface area contributed by atoms with E-state index in [-0.39, 0.29) is 0 Å². The van der Waals surface area contributed by atoms with E-state index in [1.807, 2.05) is 30.8 Å². The van der Waals surface area contributed by atoms with Crippen LogP contribution in [-0.2, 0) is 6.54 Å². The number of aromatic nitrogens is 5. The predicted molar refractivity (Wildman–Crippen MR) is 64.6 cm³/mol. The fourth-order valence-electron chi connectivity index (χ4n) is 1.41. The summed E-state index contributed by atoms with van der Waals surface area (Å²) in [6, 6.07) is 1.92. The van der Waals surface area contributed by atoms with E-state index in [9.17, 15) is 0 Å². The Hall–Kier alpha value is -1.98. The third-order valence-electron chi connectivity index (χ3n) is 2.50. The van der Waals surface area contributed by atoms with Crippen molar-refractivity contribution in [2.75, 3.05) is 11.9 Å². The summed E-state index contributed by atoms with van der Waals surface area (Å²) >= 11 is 0. The highest BCUT2D eigenvalue weighted by Gasteiger charge is 2.00. The second-order valence-electron chi connectivity index (χ2n) is 3.86. The maximum atomic E-state index is 4.30. The number of hydrogen-bond donors (Lipinski definition) is 1. The first kappa shape index (κ1) is 11.5. The van der Waals surface area contributed by atoms with Crippen LogP contribution >= 0.6 is 0 Å². The van der Waals surface area contributed by atoms with Gasteiger partial charge in [-0.1, -0.05) is 0 Å². The summed E-state index contributed by atoms with van der Waals surface area (Å²) < 4.78 is 1.90. The monoisotopic (exact) mass is 232 g/mol. The zero-order chi connectivity index (χ0) is 12.1. The van der Waals surface area contributed by atoms with Crippen LogP contribution in [0, 0.1) is 13.8 Å². The van der Waals surface area contributed by atoms with Gasteiger partial charge >= 0.3 is 0 Å². The molecule has 0 saturated heterocycles. The molecule has 0 aliphatic carbocycles. The van der Waals surface area contributed by atoms with Gasteiger partial charge in [0.15, 0.2) is 0 Å². The van der Waals surface area contributed by atoms with Crippen molar-refractivity contribution in [3.63, 3.8) is 0 Å². The molecule has 90 valence electrons. The Morgan fingerprint density at radius 3 is 2.82 bits per heavy atom. The Balaban J connectivity index is 1.76. The van der Waals surface area contributed by atoms with Crippen LogP contribution in [0.2, 0.25) is 0 Å². The number of nitrogens with one attached hydrogen (secondary N) is 1. The lowest BCUT2D eigenvalue weighted by atomic mass is 10.4. The SMILES string of the molecule is Cc1nnc(NCCCn2cccn2)nc1C. The molecular weight excluding hydrogens is 216 g/mol. The highest BCUT2D eigenvalue weighted by molar-refractivity contribution is 5.24. The van der Waals surface area contributed by atoms with Gasteiger partial charge in [0.1, 0.15) is 0 Å². The van der Waals surface area contributed by atoms with E-state index in [4.69, 9.17) is 0 Å². The Morgan fingerprint density at radius 2 is 2.12 bits per heavy atom. The maximum Gasteiger partial charge on any atom is 0.242 e. The van der Waals surface area contributed by atoms with Gasteiger partial charge in [0.05, 0.1) is 11.4 Å². The van der Waals surface area contributed by atoms with Crippen LogP contribution in [0.25, 0.3) is 0 Å². The lowest BCUT2D eigenvalue weighted by Gasteiger charge is -2.05. The van der Waals surface area contributed by atoms with E-state index in [2.05, 4.69) is 25.6 Å². The minimum atomic E-state index is 0.591. The molecule has 0 atom stereocenters. The molecule has 0 bridgehead atoms. The van der Waals surface area contributed by atoms with E-state index in [1.54, 1.807) is 6.20 Å². The summed E-state index contributed by atoms with van der Waals surface area (Å²) in [5.41, 5.74) is 1.78. The smallest absolute Gasteiger partial charge is 0.242 e. The first-order chi connectivity index (χ1) is 8.25. The van der Waals surface area contributed by atoms with Crippen LogP contribution in [0.4, 0.5) is 5.95 Å². The molecule has 0 spiro atoms. The molecule has 6 heteroatoms. The standard InChI is InChI=1S/C11H16N6/c1-9-10(2)15-16-11(14-9)12-5-3-7-17-8-4-6-13-17/h4,6,8H,3,5,7H2,1-2H3,(H,12,14,16). The van der Waals surface area contributed by atoms with Crippen LogP contribution < -0.4 is 5.32 Å². The van der Waals surface area contributed by atoms with Crippen molar-refractivity contribution in [2.45, 2.75) is 26.8 Å². The van der Waals surface area contributed by atoms with Gasteiger partial charge in [-0.15, -0.1) is 5.10 Å². The minimum absolute atomic E-state index is 0.591. The number of nitrogens with zero attached hydrogens (tertiary/aromatic N) is 5. The summed E-state index contributed by atoms with van der Waals surface area (Å²) in [5.74, 6) is 0.591. The first-order valence-electron chi connectivity index (χ1n) is 5.65. The molecular formula is C11H16N6. The van der Waals surface area contributed by atoms with Crippen molar-refractivity contribution in [1.29, 1.82) is 0 Å². The fourth-order valence-corrected chi connectivity index (χ4v) is 1.41. The van der Waals surface area contributed by atoms with E-state index in [0.29, 0.717) is 5.95 Å². The molecule has 0 saturated carbocycles. The van der Waals surface area contributed by atoms with Crippen molar-refractivity contribution in [1.82, 2.24) is 25.0 Å². The van der Waals surface area contributed by atoms with Gasteiger partial charge in [0.2, 0.25) is 5.95 Å². The molecule has 6 nitrogen and oxygen atoms in total. The van der Waals surface area contributed by atoms with Gasteiger partial charge in [-0.2, -0.15) is 10.2 Å². The van der Waals surface area contributed by atoms with Crippen molar-refractivity contribution < 1.29 is 0 Å². The molecule has 0 aliphatic heterocycles. The molecule has 2 aromatic rings. The first-order valence-corrected chi connectivity index (χ1v) is 5.65. The van der Waals surface area contributed by atoms with E-state index in [1.165, 1.54) is 0 Å². The topological polar surface area (TPSA) is 68.5 Å². The second kappa shape index (κ2) is 5.38. The summed E-state index contributed by atoms with van der Waals surface area (Å²) in [5, 5.41) is 15.3. The quantitative estimate of drug-likeness (QED) is 0.784. The van der Waals surface area contributed by atoms with Gasteiger partial charge in [0, 0.05) is 25.5 Å². The summed E-state index contributed by atoms with van der Waals surface area (Å²) in [4.78, 5) is 4.30. The number of anilines is 1. The van der Waals surface area contributed by atoms with Crippen LogP contribution in [-0.4, -0.2) is 31.5 Å². The zero-order valence-corrected chi connectivity index (χ0v) is 10.1. The van der Waals surface area contributed by atoms with Crippen LogP contribution in [0.15, 0.2) is 18.5 Å². The van der Waals surface area contributed by atoms with Crippen LogP contribution in [0.1, 0.15) is 17.8 Å². The molecule has 0 unspecified atom stereocenters. The van der Waals surface area contributed by atoms with Gasteiger partial charge in [0.25, 0.3) is 0 Å². The van der Waals surface area contributed by atoms with Crippen LogP contribution in [0.3, 0.4) is 0 Å². The minimum Gasteiger partial charge on any atom is -0.353 e. The molecule has 1 N–H and O–H groups in total. The molecule has 0 aromatic carbocycles. The highest BCUT2D eigenvalue weighted by atomic mass is 15.3. The van der Waals surface area contributed by atoms with Crippen molar-refractivity contribution in [2.24, 2.45) is 0 Å². The van der Waals surface area contributed by atoms with Gasteiger partial charge in [-0.3, -0.25) is 4.68 Å². The van der Waals surface area contributed by atoms with Gasteiger partial charge < -0.3 is 5.32 Å². The van der Waals surface area contributed by atoms with Gasteiger partial charge in [-0.05, 0) is 26.3 Å². The van der Waals surface area contributed by atoms with Crippen molar-refractivity contribution in [3.8, 4) is 0 Å². The average molecular weight is 232 g/mol. The molecule has 0 amide bonds. The van der Waals surface area contributed by atoms with E-state index < -0.39 is 0 Å². The highest BCUT2D eigenvalue weighted by Crippen LogP contribution is 2.01. The predicted octanol–water partition coefficient (Wildman–Crippen LogP) is 1.19. The molecule has 2 heterocycles. The Bertz CT molecular complexity index is 465. The molecule has 2 aromatic heterocycles. The Labute approximate surface area is 100 Å². The van der Waals surface area contributed by atoms with Crippen molar-refractivity contribution >= 4 is 5.95 Å².